The van der Waals surface area contributed by atoms with Crippen LogP contribution < -0.4 is 5.32 Å². The second kappa shape index (κ2) is 5.85. The first-order valence-electron chi connectivity index (χ1n) is 8.17. The largest absolute Gasteiger partial charge is 0.445 e. The Labute approximate surface area is 139 Å². The van der Waals surface area contributed by atoms with Crippen LogP contribution in [0.15, 0.2) is 22.7 Å². The van der Waals surface area contributed by atoms with Crippen molar-refractivity contribution < 1.29 is 9.53 Å². The summed E-state index contributed by atoms with van der Waals surface area (Å²) in [6.07, 6.45) is 4.13. The number of carbonyl (C=O) groups excluding carboxylic acids is 1. The minimum Gasteiger partial charge on any atom is -0.445 e. The van der Waals surface area contributed by atoms with Crippen LogP contribution in [0, 0.1) is 5.92 Å². The molecule has 22 heavy (non-hydrogen) atoms. The number of halogens is 1. The molecule has 2 atom stereocenters. The third-order valence-corrected chi connectivity index (χ3v) is 5.83. The molecule has 2 bridgehead atoms. The Hall–Kier alpha value is -1.07. The Bertz CT molecular complexity index is 584. The first kappa shape index (κ1) is 14.5. The van der Waals surface area contributed by atoms with Gasteiger partial charge in [-0.15, -0.1) is 0 Å². The van der Waals surface area contributed by atoms with Crippen molar-refractivity contribution in [3.63, 3.8) is 0 Å². The van der Waals surface area contributed by atoms with Crippen molar-refractivity contribution >= 4 is 22.0 Å². The Morgan fingerprint density at radius 3 is 2.82 bits per heavy atom. The molecule has 5 heteroatoms. The third-order valence-electron chi connectivity index (χ3n) is 5.33. The Kier molecular flexibility index (Phi) is 3.86. The van der Waals surface area contributed by atoms with Crippen LogP contribution in [0.1, 0.15) is 36.4 Å². The predicted octanol–water partition coefficient (Wildman–Crippen LogP) is 3.26. The zero-order valence-electron chi connectivity index (χ0n) is 12.6. The van der Waals surface area contributed by atoms with Gasteiger partial charge in [0.15, 0.2) is 0 Å². The Balaban J connectivity index is 1.38. The molecule has 1 aromatic rings. The molecule has 1 aliphatic carbocycles. The smallest absolute Gasteiger partial charge is 0.407 e. The van der Waals surface area contributed by atoms with E-state index in [1.165, 1.54) is 11.1 Å². The fourth-order valence-electron chi connectivity index (χ4n) is 4.08. The highest BCUT2D eigenvalue weighted by Crippen LogP contribution is 2.34. The van der Waals surface area contributed by atoms with Gasteiger partial charge >= 0.3 is 6.09 Å². The summed E-state index contributed by atoms with van der Waals surface area (Å²) < 4.78 is 6.79. The summed E-state index contributed by atoms with van der Waals surface area (Å²) in [4.78, 5) is 14.7. The zero-order valence-corrected chi connectivity index (χ0v) is 14.1. The number of hydrogen-bond donors (Lipinski definition) is 1. The van der Waals surface area contributed by atoms with E-state index in [0.717, 1.165) is 49.8 Å². The normalized spacial score (nSPS) is 32.6. The molecule has 3 aliphatic heterocycles. The van der Waals surface area contributed by atoms with E-state index in [9.17, 15) is 4.79 Å². The number of hydrogen-bond acceptors (Lipinski definition) is 3. The number of nitrogens with one attached hydrogen (secondary N) is 1. The number of fused-ring (bicyclic) bond motifs is 4. The average molecular weight is 365 g/mol. The predicted molar refractivity (Wildman–Crippen MR) is 87.8 cm³/mol. The summed E-state index contributed by atoms with van der Waals surface area (Å²) in [5.41, 5.74) is 2.55. The lowest BCUT2D eigenvalue weighted by Gasteiger charge is -2.43. The maximum atomic E-state index is 12.3. The van der Waals surface area contributed by atoms with E-state index < -0.39 is 0 Å². The van der Waals surface area contributed by atoms with E-state index in [1.807, 2.05) is 0 Å². The molecule has 0 aromatic heterocycles. The second-order valence-corrected chi connectivity index (χ2v) is 7.58. The van der Waals surface area contributed by atoms with Crippen molar-refractivity contribution in [1.82, 2.24) is 10.2 Å². The van der Waals surface area contributed by atoms with Crippen LogP contribution in [-0.2, 0) is 11.2 Å². The molecule has 1 unspecified atom stereocenters. The fourth-order valence-corrected chi connectivity index (χ4v) is 4.46. The standard InChI is InChI=1S/C17H21BrN2O2/c18-13-3-1-11-2-4-15(14(11)9-13)19-17(21)22-16-10-20-7-5-12(16)6-8-20/h1,3,9,12,15-16H,2,4-8,10H2,(H,19,21)/t15?,16-/m1/s1. The first-order valence-corrected chi connectivity index (χ1v) is 8.96. The number of piperidine rings is 3. The van der Waals surface area contributed by atoms with E-state index in [0.29, 0.717) is 5.92 Å². The fraction of sp³-hybridized carbons (Fsp3) is 0.588. The molecule has 0 radical (unpaired) electrons. The third kappa shape index (κ3) is 2.76. The maximum Gasteiger partial charge on any atom is 0.407 e. The summed E-state index contributed by atoms with van der Waals surface area (Å²) in [5.74, 6) is 0.556. The molecule has 3 fully saturated rings. The number of aryl methyl sites for hydroxylation is 1. The maximum absolute atomic E-state index is 12.3. The van der Waals surface area contributed by atoms with Crippen molar-refractivity contribution in [1.29, 1.82) is 0 Å². The number of nitrogens with zero attached hydrogens (tertiary/aromatic N) is 1. The number of rotatable bonds is 2. The van der Waals surface area contributed by atoms with Gasteiger partial charge in [0.05, 0.1) is 6.04 Å². The quantitative estimate of drug-likeness (QED) is 0.875. The molecule has 0 saturated carbocycles. The van der Waals surface area contributed by atoms with Crippen LogP contribution in [-0.4, -0.2) is 36.7 Å². The van der Waals surface area contributed by atoms with E-state index >= 15 is 0 Å². The number of ether oxygens (including phenoxy) is 1. The van der Waals surface area contributed by atoms with E-state index in [4.69, 9.17) is 4.74 Å². The molecular weight excluding hydrogens is 344 g/mol. The molecule has 5 rings (SSSR count). The van der Waals surface area contributed by atoms with Crippen LogP contribution >= 0.6 is 15.9 Å². The molecule has 1 aromatic carbocycles. The van der Waals surface area contributed by atoms with Crippen LogP contribution in [0.25, 0.3) is 0 Å². The van der Waals surface area contributed by atoms with Crippen molar-refractivity contribution in [3.05, 3.63) is 33.8 Å². The average Bonchev–Trinajstić information content (AvgIpc) is 2.90. The Morgan fingerprint density at radius 1 is 1.27 bits per heavy atom. The second-order valence-electron chi connectivity index (χ2n) is 6.66. The summed E-state index contributed by atoms with van der Waals surface area (Å²) in [6.45, 7) is 3.23. The van der Waals surface area contributed by atoms with Gasteiger partial charge in [-0.05, 0) is 68.0 Å². The van der Waals surface area contributed by atoms with Crippen molar-refractivity contribution in [2.24, 2.45) is 5.92 Å². The number of carbonyl (C=O) groups is 1. The summed E-state index contributed by atoms with van der Waals surface area (Å²) >= 11 is 3.51. The van der Waals surface area contributed by atoms with Gasteiger partial charge in [0.25, 0.3) is 0 Å². The van der Waals surface area contributed by atoms with E-state index in [2.05, 4.69) is 44.3 Å². The number of amides is 1. The topological polar surface area (TPSA) is 41.6 Å². The van der Waals surface area contributed by atoms with Crippen molar-refractivity contribution in [2.45, 2.75) is 37.8 Å². The highest BCUT2D eigenvalue weighted by atomic mass is 79.9. The minimum absolute atomic E-state index is 0.0749. The highest BCUT2D eigenvalue weighted by Gasteiger charge is 2.37. The summed E-state index contributed by atoms with van der Waals surface area (Å²) in [6, 6.07) is 6.40. The zero-order chi connectivity index (χ0) is 15.1. The molecule has 4 aliphatic rings. The summed E-state index contributed by atoms with van der Waals surface area (Å²) in [7, 11) is 0. The first-order chi connectivity index (χ1) is 10.7. The van der Waals surface area contributed by atoms with Crippen molar-refractivity contribution in [3.8, 4) is 0 Å². The van der Waals surface area contributed by atoms with Gasteiger partial charge < -0.3 is 10.1 Å². The molecule has 1 N–H and O–H groups in total. The minimum atomic E-state index is -0.253. The lowest BCUT2D eigenvalue weighted by Crippen LogP contribution is -2.52. The van der Waals surface area contributed by atoms with Gasteiger partial charge in [-0.1, -0.05) is 22.0 Å². The SMILES string of the molecule is O=C(NC1CCc2ccc(Br)cc21)O[C@@H]1CN2CCC1CC2. The number of benzene rings is 1. The van der Waals surface area contributed by atoms with Crippen LogP contribution in [0.4, 0.5) is 4.79 Å². The van der Waals surface area contributed by atoms with Gasteiger partial charge in [-0.2, -0.15) is 0 Å². The van der Waals surface area contributed by atoms with Gasteiger partial charge in [0.2, 0.25) is 0 Å². The molecule has 0 spiro atoms. The molecule has 4 nitrogen and oxygen atoms in total. The Morgan fingerprint density at radius 2 is 2.09 bits per heavy atom. The lowest BCUT2D eigenvalue weighted by molar-refractivity contribution is -0.0339. The van der Waals surface area contributed by atoms with Gasteiger partial charge in [-0.3, -0.25) is 4.90 Å². The van der Waals surface area contributed by atoms with Crippen LogP contribution in [0.5, 0.6) is 0 Å². The van der Waals surface area contributed by atoms with Gasteiger partial charge in [0, 0.05) is 11.0 Å². The van der Waals surface area contributed by atoms with Crippen molar-refractivity contribution in [2.75, 3.05) is 19.6 Å². The lowest BCUT2D eigenvalue weighted by atomic mass is 9.86. The molecule has 118 valence electrons. The molecule has 1 amide bonds. The molecule has 3 heterocycles. The monoisotopic (exact) mass is 364 g/mol. The summed E-state index contributed by atoms with van der Waals surface area (Å²) in [5, 5.41) is 3.07. The van der Waals surface area contributed by atoms with Crippen LogP contribution in [0.3, 0.4) is 0 Å². The van der Waals surface area contributed by atoms with Gasteiger partial charge in [0.1, 0.15) is 6.10 Å². The van der Waals surface area contributed by atoms with E-state index in [1.54, 1.807) is 0 Å². The van der Waals surface area contributed by atoms with Gasteiger partial charge in [-0.25, -0.2) is 4.79 Å². The number of alkyl carbamates (subject to hydrolysis) is 1. The van der Waals surface area contributed by atoms with E-state index in [-0.39, 0.29) is 18.2 Å². The molecular formula is C17H21BrN2O2. The van der Waals surface area contributed by atoms with Crippen LogP contribution in [0.2, 0.25) is 0 Å². The highest BCUT2D eigenvalue weighted by molar-refractivity contribution is 9.10. The molecule has 3 saturated heterocycles.